The van der Waals surface area contributed by atoms with Crippen LogP contribution in [0.5, 0.6) is 0 Å². The van der Waals surface area contributed by atoms with Crippen LogP contribution >= 0.6 is 34.8 Å². The van der Waals surface area contributed by atoms with Gasteiger partial charge in [-0.05, 0) is 47.2 Å². The summed E-state index contributed by atoms with van der Waals surface area (Å²) in [5.74, 6) is -3.03. The lowest BCUT2D eigenvalue weighted by atomic mass is 9.96. The zero-order valence-corrected chi connectivity index (χ0v) is 19.8. The molecule has 0 saturated heterocycles. The highest BCUT2D eigenvalue weighted by Gasteiger charge is 2.39. The van der Waals surface area contributed by atoms with Gasteiger partial charge in [0.15, 0.2) is 0 Å². The molecule has 0 fully saturated rings. The van der Waals surface area contributed by atoms with Gasteiger partial charge < -0.3 is 4.90 Å². The molecule has 2 aromatic carbocycles. The molecule has 0 radical (unpaired) electrons. The molecule has 2 unspecified atom stereocenters. The van der Waals surface area contributed by atoms with E-state index in [9.17, 15) is 31.1 Å². The molecule has 0 heterocycles. The third-order valence-corrected chi connectivity index (χ3v) is 6.82. The highest BCUT2D eigenvalue weighted by molar-refractivity contribution is 6.48. The van der Waals surface area contributed by atoms with E-state index < -0.39 is 36.6 Å². The molecule has 2 nitrogen and oxygen atoms in total. The van der Waals surface area contributed by atoms with Crippen LogP contribution in [-0.4, -0.2) is 30.2 Å². The van der Waals surface area contributed by atoms with Crippen molar-refractivity contribution in [3.05, 3.63) is 73.7 Å². The van der Waals surface area contributed by atoms with Crippen LogP contribution in [0.25, 0.3) is 6.08 Å². The number of hydrogen-bond acceptors (Lipinski definition) is 1. The fraction of sp³-hybridized carbons (Fsp3) is 0.348. The van der Waals surface area contributed by atoms with Crippen LogP contribution < -0.4 is 0 Å². The maximum atomic E-state index is 13.7. The number of carbonyl (C=O) groups excluding carboxylic acids is 1. The Morgan fingerprint density at radius 1 is 1.09 bits per heavy atom. The summed E-state index contributed by atoms with van der Waals surface area (Å²) in [5.41, 5.74) is 1.75. The normalized spacial score (nSPS) is 17.2. The predicted octanol–water partition coefficient (Wildman–Crippen LogP) is 8.40. The van der Waals surface area contributed by atoms with Crippen LogP contribution in [0.4, 0.5) is 26.3 Å². The van der Waals surface area contributed by atoms with Crippen LogP contribution in [0.3, 0.4) is 0 Å². The number of amides is 1. The first kappa shape index (κ1) is 26.7. The van der Waals surface area contributed by atoms with Crippen molar-refractivity contribution in [2.75, 3.05) is 7.05 Å². The van der Waals surface area contributed by atoms with Gasteiger partial charge in [-0.3, -0.25) is 4.79 Å². The lowest BCUT2D eigenvalue weighted by molar-refractivity contribution is -0.162. The summed E-state index contributed by atoms with van der Waals surface area (Å²) in [6.07, 6.45) is -7.58. The molecule has 2 atom stereocenters. The number of allylic oxidation sites excluding steroid dienone is 1. The van der Waals surface area contributed by atoms with Crippen molar-refractivity contribution in [3.63, 3.8) is 0 Å². The maximum absolute atomic E-state index is 13.7. The Morgan fingerprint density at radius 2 is 1.71 bits per heavy atom. The van der Waals surface area contributed by atoms with Gasteiger partial charge in [0.25, 0.3) is 0 Å². The average Bonchev–Trinajstić information content (AvgIpc) is 3.12. The van der Waals surface area contributed by atoms with E-state index in [0.717, 1.165) is 28.7 Å². The van der Waals surface area contributed by atoms with E-state index in [0.29, 0.717) is 24.0 Å². The van der Waals surface area contributed by atoms with Crippen molar-refractivity contribution in [1.82, 2.24) is 4.90 Å². The van der Waals surface area contributed by atoms with E-state index in [1.54, 1.807) is 18.2 Å². The van der Waals surface area contributed by atoms with Crippen molar-refractivity contribution < 1.29 is 31.1 Å². The second-order valence-corrected chi connectivity index (χ2v) is 9.18. The molecule has 1 amide bonds. The average molecular weight is 545 g/mol. The molecule has 0 bridgehead atoms. The Morgan fingerprint density at radius 3 is 2.26 bits per heavy atom. The number of fused-ring (bicyclic) bond motifs is 1. The van der Waals surface area contributed by atoms with Crippen LogP contribution in [0.15, 0.2) is 36.4 Å². The van der Waals surface area contributed by atoms with Gasteiger partial charge in [0.2, 0.25) is 5.91 Å². The smallest absolute Gasteiger partial charge is 0.338 e. The summed E-state index contributed by atoms with van der Waals surface area (Å²) in [5, 5.41) is -0.233. The maximum Gasteiger partial charge on any atom is 0.399 e. The molecular weight excluding hydrogens is 527 g/mol. The molecular formula is C23H18Cl3F6NO. The quantitative estimate of drug-likeness (QED) is 0.273. The van der Waals surface area contributed by atoms with Gasteiger partial charge in [0, 0.05) is 7.05 Å². The molecule has 0 saturated carbocycles. The number of benzene rings is 2. The molecule has 34 heavy (non-hydrogen) atoms. The summed E-state index contributed by atoms with van der Waals surface area (Å²) in [7, 11) is 1.32. The van der Waals surface area contributed by atoms with E-state index in [4.69, 9.17) is 34.8 Å². The fourth-order valence-corrected chi connectivity index (χ4v) is 4.58. The fourth-order valence-electron chi connectivity index (χ4n) is 3.96. The number of nitrogens with zero attached hydrogens (tertiary/aromatic N) is 1. The topological polar surface area (TPSA) is 20.3 Å². The number of halogens is 9. The first-order valence-electron chi connectivity index (χ1n) is 10.0. The standard InChI is InChI=1S/C23H18Cl3F6NO/c1-33(20(34)11-22(27,28)29)19-7-4-13-8-12(2-5-15(13)19)3-6-16(23(30,31)32)14-9-17(24)21(26)18(25)10-14/h2-3,5-6,8-10,16,19H,4,7,11H2,1H3/b6-3+. The number of hydrogen-bond donors (Lipinski definition) is 0. The third-order valence-electron chi connectivity index (χ3n) is 5.62. The first-order valence-corrected chi connectivity index (χ1v) is 11.2. The molecule has 1 aliphatic rings. The van der Waals surface area contributed by atoms with E-state index in [2.05, 4.69) is 0 Å². The lowest BCUT2D eigenvalue weighted by Gasteiger charge is -2.26. The molecule has 184 valence electrons. The second-order valence-electron chi connectivity index (χ2n) is 7.99. The van der Waals surface area contributed by atoms with Crippen molar-refractivity contribution in [2.45, 2.75) is 43.6 Å². The Labute approximate surface area is 207 Å². The lowest BCUT2D eigenvalue weighted by Crippen LogP contribution is -2.33. The van der Waals surface area contributed by atoms with Crippen LogP contribution in [0.2, 0.25) is 15.1 Å². The number of alkyl halides is 6. The van der Waals surface area contributed by atoms with E-state index in [1.165, 1.54) is 13.1 Å². The minimum Gasteiger partial charge on any atom is -0.338 e. The van der Waals surface area contributed by atoms with Crippen molar-refractivity contribution in [1.29, 1.82) is 0 Å². The van der Waals surface area contributed by atoms with Crippen molar-refractivity contribution in [2.24, 2.45) is 0 Å². The first-order chi connectivity index (χ1) is 15.7. The van der Waals surface area contributed by atoms with Crippen LogP contribution in [-0.2, 0) is 11.2 Å². The van der Waals surface area contributed by atoms with Crippen LogP contribution in [0, 0.1) is 0 Å². The van der Waals surface area contributed by atoms with Gasteiger partial charge in [0.05, 0.1) is 27.0 Å². The summed E-state index contributed by atoms with van der Waals surface area (Å²) in [6.45, 7) is 0. The summed E-state index contributed by atoms with van der Waals surface area (Å²) in [6, 6.07) is 6.55. The summed E-state index contributed by atoms with van der Waals surface area (Å²) in [4.78, 5) is 13.0. The number of carbonyl (C=O) groups is 1. The van der Waals surface area contributed by atoms with Gasteiger partial charge in [0.1, 0.15) is 6.42 Å². The Hall–Kier alpha value is -1.90. The number of rotatable bonds is 5. The molecule has 0 aliphatic heterocycles. The molecule has 3 rings (SSSR count). The summed E-state index contributed by atoms with van der Waals surface area (Å²) < 4.78 is 78.9. The SMILES string of the molecule is CN(C(=O)CC(F)(F)F)C1CCc2cc(/C=C/C(c3cc(Cl)c(Cl)c(Cl)c3)C(F)(F)F)ccc21. The van der Waals surface area contributed by atoms with Gasteiger partial charge in [-0.15, -0.1) is 0 Å². The van der Waals surface area contributed by atoms with Gasteiger partial charge in [-0.25, -0.2) is 0 Å². The van der Waals surface area contributed by atoms with Gasteiger partial charge in [-0.2, -0.15) is 26.3 Å². The third kappa shape index (κ3) is 6.20. The zero-order valence-electron chi connectivity index (χ0n) is 17.6. The minimum absolute atomic E-state index is 0.0381. The van der Waals surface area contributed by atoms with Crippen LogP contribution in [0.1, 0.15) is 47.1 Å². The van der Waals surface area contributed by atoms with E-state index >= 15 is 0 Å². The highest BCUT2D eigenvalue weighted by atomic mass is 35.5. The van der Waals surface area contributed by atoms with Gasteiger partial charge in [-0.1, -0.05) is 65.2 Å². The molecule has 0 spiro atoms. The minimum atomic E-state index is -4.62. The molecule has 1 aliphatic carbocycles. The van der Waals surface area contributed by atoms with E-state index in [1.807, 2.05) is 0 Å². The molecule has 2 aromatic rings. The second kappa shape index (κ2) is 9.99. The zero-order chi connectivity index (χ0) is 25.4. The highest BCUT2D eigenvalue weighted by Crippen LogP contribution is 2.41. The molecule has 11 heteroatoms. The predicted molar refractivity (Wildman–Crippen MR) is 120 cm³/mol. The largest absolute Gasteiger partial charge is 0.399 e. The summed E-state index contributed by atoms with van der Waals surface area (Å²) >= 11 is 17.6. The Balaban J connectivity index is 1.84. The van der Waals surface area contributed by atoms with Gasteiger partial charge >= 0.3 is 12.4 Å². The monoisotopic (exact) mass is 543 g/mol. The van der Waals surface area contributed by atoms with Crippen molar-refractivity contribution >= 4 is 46.8 Å². The molecule has 0 aromatic heterocycles. The Kier molecular flexibility index (Phi) is 7.85. The number of aryl methyl sites for hydroxylation is 1. The Bertz CT molecular complexity index is 1090. The van der Waals surface area contributed by atoms with Crippen molar-refractivity contribution in [3.8, 4) is 0 Å². The molecule has 0 N–H and O–H groups in total. The van der Waals surface area contributed by atoms with E-state index in [-0.39, 0.29) is 20.6 Å².